The molecule has 28 heavy (non-hydrogen) atoms. The Labute approximate surface area is 173 Å². The van der Waals surface area contributed by atoms with Gasteiger partial charge in [-0.2, -0.15) is 0 Å². The van der Waals surface area contributed by atoms with Crippen molar-refractivity contribution in [2.24, 2.45) is 0 Å². The maximum absolute atomic E-state index is 6.19. The lowest BCUT2D eigenvalue weighted by Gasteiger charge is -2.13. The first kappa shape index (κ1) is 17.7. The summed E-state index contributed by atoms with van der Waals surface area (Å²) >= 11 is 8.03. The molecule has 0 saturated carbocycles. The molecule has 0 unspecified atom stereocenters. The van der Waals surface area contributed by atoms with Crippen molar-refractivity contribution in [1.29, 1.82) is 0 Å². The van der Waals surface area contributed by atoms with Crippen molar-refractivity contribution in [3.05, 3.63) is 81.4 Å². The standard InChI is InChI=1S/C23H20ClN3S/c24-16-9-6-10-17(14-16)25-22-21-18-11-4-5-12-19(18)28-23(21)27-20(26-22)13-15-7-2-1-3-8-15/h1-3,6-10,14H,4-5,11-13H2,(H,25,26,27). The van der Waals surface area contributed by atoms with Gasteiger partial charge < -0.3 is 5.32 Å². The quantitative estimate of drug-likeness (QED) is 0.418. The Hall–Kier alpha value is -2.43. The number of benzene rings is 2. The average molecular weight is 406 g/mol. The second kappa shape index (κ2) is 7.53. The number of aryl methyl sites for hydroxylation is 2. The van der Waals surface area contributed by atoms with Crippen LogP contribution in [0.4, 0.5) is 11.5 Å². The van der Waals surface area contributed by atoms with Crippen LogP contribution in [-0.4, -0.2) is 9.97 Å². The molecule has 0 spiro atoms. The fourth-order valence-corrected chi connectivity index (χ4v) is 5.32. The van der Waals surface area contributed by atoms with Gasteiger partial charge in [0.1, 0.15) is 16.5 Å². The number of nitrogens with zero attached hydrogens (tertiary/aromatic N) is 2. The molecule has 2 aromatic carbocycles. The van der Waals surface area contributed by atoms with Gasteiger partial charge in [0.05, 0.1) is 5.39 Å². The van der Waals surface area contributed by atoms with E-state index >= 15 is 0 Å². The monoisotopic (exact) mass is 405 g/mol. The molecule has 2 aromatic heterocycles. The van der Waals surface area contributed by atoms with Crippen LogP contribution in [0.2, 0.25) is 5.02 Å². The van der Waals surface area contributed by atoms with E-state index in [0.717, 1.165) is 41.4 Å². The molecule has 1 aliphatic carbocycles. The van der Waals surface area contributed by atoms with Gasteiger partial charge >= 0.3 is 0 Å². The van der Waals surface area contributed by atoms with Crippen LogP contribution in [0, 0.1) is 0 Å². The summed E-state index contributed by atoms with van der Waals surface area (Å²) in [5, 5.41) is 5.43. The van der Waals surface area contributed by atoms with Gasteiger partial charge in [-0.05, 0) is 55.0 Å². The highest BCUT2D eigenvalue weighted by atomic mass is 35.5. The maximum Gasteiger partial charge on any atom is 0.143 e. The predicted molar refractivity (Wildman–Crippen MR) is 118 cm³/mol. The van der Waals surface area contributed by atoms with Crippen LogP contribution in [-0.2, 0) is 19.3 Å². The van der Waals surface area contributed by atoms with Crippen molar-refractivity contribution in [3.63, 3.8) is 0 Å². The predicted octanol–water partition coefficient (Wildman–Crippen LogP) is 6.56. The zero-order valence-corrected chi connectivity index (χ0v) is 17.0. The van der Waals surface area contributed by atoms with Crippen LogP contribution in [0.25, 0.3) is 10.2 Å². The molecule has 4 aromatic rings. The highest BCUT2D eigenvalue weighted by Crippen LogP contribution is 2.39. The summed E-state index contributed by atoms with van der Waals surface area (Å²) in [5.74, 6) is 1.75. The zero-order chi connectivity index (χ0) is 18.9. The molecule has 1 N–H and O–H groups in total. The molecule has 0 fully saturated rings. The number of fused-ring (bicyclic) bond motifs is 3. The molecule has 5 rings (SSSR count). The van der Waals surface area contributed by atoms with E-state index in [1.165, 1.54) is 34.2 Å². The van der Waals surface area contributed by atoms with Crippen LogP contribution in [0.1, 0.15) is 34.7 Å². The Balaban J connectivity index is 1.62. The summed E-state index contributed by atoms with van der Waals surface area (Å²) in [6.45, 7) is 0. The van der Waals surface area contributed by atoms with Gasteiger partial charge in [0.25, 0.3) is 0 Å². The summed E-state index contributed by atoms with van der Waals surface area (Å²) in [7, 11) is 0. The number of hydrogen-bond donors (Lipinski definition) is 1. The second-order valence-corrected chi connectivity index (χ2v) is 8.70. The van der Waals surface area contributed by atoms with Gasteiger partial charge in [-0.1, -0.05) is 48.0 Å². The molecule has 140 valence electrons. The van der Waals surface area contributed by atoms with E-state index in [2.05, 4.69) is 29.6 Å². The lowest BCUT2D eigenvalue weighted by molar-refractivity contribution is 0.700. The van der Waals surface area contributed by atoms with Crippen molar-refractivity contribution < 1.29 is 0 Å². The zero-order valence-electron chi connectivity index (χ0n) is 15.4. The number of hydrogen-bond acceptors (Lipinski definition) is 4. The third-order valence-corrected chi connectivity index (χ3v) is 6.57. The van der Waals surface area contributed by atoms with E-state index in [4.69, 9.17) is 21.6 Å². The molecule has 0 saturated heterocycles. The Kier molecular flexibility index (Phi) is 4.75. The largest absolute Gasteiger partial charge is 0.340 e. The van der Waals surface area contributed by atoms with E-state index in [1.54, 1.807) is 0 Å². The van der Waals surface area contributed by atoms with Crippen LogP contribution in [0.3, 0.4) is 0 Å². The van der Waals surface area contributed by atoms with Crippen LogP contribution in [0.5, 0.6) is 0 Å². The maximum atomic E-state index is 6.19. The van der Waals surface area contributed by atoms with E-state index in [9.17, 15) is 0 Å². The number of nitrogens with one attached hydrogen (secondary N) is 1. The molecule has 5 heteroatoms. The van der Waals surface area contributed by atoms with Crippen molar-refractivity contribution in [1.82, 2.24) is 9.97 Å². The van der Waals surface area contributed by atoms with Crippen molar-refractivity contribution in [3.8, 4) is 0 Å². The minimum Gasteiger partial charge on any atom is -0.340 e. The Morgan fingerprint density at radius 2 is 1.82 bits per heavy atom. The molecule has 1 aliphatic rings. The number of thiophene rings is 1. The molecule has 0 bridgehead atoms. The van der Waals surface area contributed by atoms with Gasteiger partial charge in [-0.25, -0.2) is 9.97 Å². The molecule has 0 radical (unpaired) electrons. The second-order valence-electron chi connectivity index (χ2n) is 7.18. The van der Waals surface area contributed by atoms with Crippen molar-refractivity contribution >= 4 is 44.7 Å². The topological polar surface area (TPSA) is 37.8 Å². The van der Waals surface area contributed by atoms with E-state index in [-0.39, 0.29) is 0 Å². The Morgan fingerprint density at radius 3 is 2.68 bits per heavy atom. The number of halogens is 1. The summed E-state index contributed by atoms with van der Waals surface area (Å²) in [6.07, 6.45) is 5.49. The van der Waals surface area contributed by atoms with Gasteiger partial charge in [-0.3, -0.25) is 0 Å². The van der Waals surface area contributed by atoms with Crippen LogP contribution >= 0.6 is 22.9 Å². The number of aromatic nitrogens is 2. The van der Waals surface area contributed by atoms with Gasteiger partial charge in [-0.15, -0.1) is 11.3 Å². The first-order valence-electron chi connectivity index (χ1n) is 9.64. The van der Waals surface area contributed by atoms with E-state index in [0.29, 0.717) is 5.02 Å². The fraction of sp³-hybridized carbons (Fsp3) is 0.217. The lowest BCUT2D eigenvalue weighted by atomic mass is 9.97. The number of rotatable bonds is 4. The summed E-state index contributed by atoms with van der Waals surface area (Å²) in [5.41, 5.74) is 3.60. The van der Waals surface area contributed by atoms with Gasteiger partial charge in [0, 0.05) is 22.0 Å². The molecular formula is C23H20ClN3S. The lowest BCUT2D eigenvalue weighted by Crippen LogP contribution is -2.04. The molecular weight excluding hydrogens is 386 g/mol. The minimum atomic E-state index is 0.715. The molecule has 2 heterocycles. The third kappa shape index (κ3) is 3.50. The first-order valence-corrected chi connectivity index (χ1v) is 10.8. The van der Waals surface area contributed by atoms with E-state index in [1.807, 2.05) is 41.7 Å². The van der Waals surface area contributed by atoms with Crippen molar-refractivity contribution in [2.45, 2.75) is 32.1 Å². The molecule has 0 aliphatic heterocycles. The average Bonchev–Trinajstić information content (AvgIpc) is 3.07. The smallest absolute Gasteiger partial charge is 0.143 e. The van der Waals surface area contributed by atoms with Gasteiger partial charge in [0.15, 0.2) is 0 Å². The highest BCUT2D eigenvalue weighted by Gasteiger charge is 2.21. The van der Waals surface area contributed by atoms with Gasteiger partial charge in [0.2, 0.25) is 0 Å². The SMILES string of the molecule is Clc1cccc(Nc2nc(Cc3ccccc3)nc3sc4c(c23)CCCC4)c1. The molecule has 0 amide bonds. The highest BCUT2D eigenvalue weighted by molar-refractivity contribution is 7.19. The normalized spacial score (nSPS) is 13.5. The first-order chi connectivity index (χ1) is 13.8. The van der Waals surface area contributed by atoms with E-state index < -0.39 is 0 Å². The Bertz CT molecular complexity index is 1140. The van der Waals surface area contributed by atoms with Crippen LogP contribution in [0.15, 0.2) is 54.6 Å². The third-order valence-electron chi connectivity index (χ3n) is 5.15. The Morgan fingerprint density at radius 1 is 0.964 bits per heavy atom. The minimum absolute atomic E-state index is 0.715. The summed E-state index contributed by atoms with van der Waals surface area (Å²) in [4.78, 5) is 12.4. The fourth-order valence-electron chi connectivity index (χ4n) is 3.85. The number of anilines is 2. The molecule has 0 atom stereocenters. The molecule has 3 nitrogen and oxygen atoms in total. The summed E-state index contributed by atoms with van der Waals surface area (Å²) in [6, 6.07) is 18.2. The van der Waals surface area contributed by atoms with Crippen LogP contribution < -0.4 is 5.32 Å². The summed E-state index contributed by atoms with van der Waals surface area (Å²) < 4.78 is 0. The van der Waals surface area contributed by atoms with Crippen molar-refractivity contribution in [2.75, 3.05) is 5.32 Å².